The zero-order chi connectivity index (χ0) is 14.8. The molecule has 1 saturated heterocycles. The average Bonchev–Trinajstić information content (AvgIpc) is 2.60. The number of aliphatic carboxylic acids is 1. The van der Waals surface area contributed by atoms with Crippen LogP contribution in [0.2, 0.25) is 0 Å². The van der Waals surface area contributed by atoms with Crippen molar-refractivity contribution in [3.05, 3.63) is 0 Å². The first-order chi connectivity index (χ1) is 9.61. The fourth-order valence-electron chi connectivity index (χ4n) is 2.27. The molecule has 7 heteroatoms. The minimum atomic E-state index is -0.787. The molecule has 0 aromatic rings. The monoisotopic (exact) mass is 290 g/mol. The Morgan fingerprint density at radius 1 is 1.20 bits per heavy atom. The summed E-state index contributed by atoms with van der Waals surface area (Å²) in [6.07, 6.45) is 0.405. The number of hydrogen-bond acceptors (Lipinski definition) is 6. The summed E-state index contributed by atoms with van der Waals surface area (Å²) in [7, 11) is 1.61. The number of β-amino-alcohol motifs (C(OH)–C–C–N with tert-alkyl or cyclic N) is 1. The molecule has 0 bridgehead atoms. The molecule has 1 unspecified atom stereocenters. The first kappa shape index (κ1) is 17.3. The third-order valence-electron chi connectivity index (χ3n) is 3.25. The van der Waals surface area contributed by atoms with Crippen LogP contribution >= 0.6 is 0 Å². The van der Waals surface area contributed by atoms with E-state index in [0.29, 0.717) is 26.4 Å². The van der Waals surface area contributed by atoms with Gasteiger partial charge in [-0.25, -0.2) is 0 Å². The van der Waals surface area contributed by atoms with E-state index in [1.807, 2.05) is 4.90 Å². The molecule has 7 nitrogen and oxygen atoms in total. The number of carboxylic acids is 1. The van der Waals surface area contributed by atoms with E-state index in [-0.39, 0.29) is 6.54 Å². The van der Waals surface area contributed by atoms with Crippen LogP contribution in [0.1, 0.15) is 6.42 Å². The molecule has 1 rings (SSSR count). The van der Waals surface area contributed by atoms with Crippen LogP contribution in [-0.4, -0.2) is 98.3 Å². The highest BCUT2D eigenvalue weighted by Gasteiger charge is 2.18. The van der Waals surface area contributed by atoms with Crippen molar-refractivity contribution < 1.29 is 24.5 Å². The molecule has 2 N–H and O–H groups in total. The van der Waals surface area contributed by atoms with E-state index >= 15 is 0 Å². The zero-order valence-electron chi connectivity index (χ0n) is 12.2. The number of methoxy groups -OCH3 is 1. The number of carbonyl (C=O) groups is 1. The first-order valence-electron chi connectivity index (χ1n) is 7.03. The van der Waals surface area contributed by atoms with E-state index in [0.717, 1.165) is 32.6 Å². The predicted molar refractivity (Wildman–Crippen MR) is 73.8 cm³/mol. The first-order valence-corrected chi connectivity index (χ1v) is 7.03. The molecule has 118 valence electrons. The predicted octanol–water partition coefficient (Wildman–Crippen LogP) is -0.897. The molecule has 0 aromatic heterocycles. The van der Waals surface area contributed by atoms with Crippen LogP contribution < -0.4 is 0 Å². The van der Waals surface area contributed by atoms with Crippen molar-refractivity contribution in [1.82, 2.24) is 9.80 Å². The Morgan fingerprint density at radius 3 is 2.60 bits per heavy atom. The number of carboxylic acid groups (broad SMARTS) is 1. The van der Waals surface area contributed by atoms with Gasteiger partial charge in [0.1, 0.15) is 0 Å². The standard InChI is InChI=1S/C13H26N2O5/c1-19-7-8-20-11-12(16)9-14-3-2-4-15(6-5-14)10-13(17)18/h12,16H,2-11H2,1H3,(H,17,18). The van der Waals surface area contributed by atoms with Gasteiger partial charge in [-0.05, 0) is 13.0 Å². The van der Waals surface area contributed by atoms with Crippen LogP contribution in [0.5, 0.6) is 0 Å². The van der Waals surface area contributed by atoms with E-state index in [2.05, 4.69) is 4.90 Å². The van der Waals surface area contributed by atoms with E-state index in [4.69, 9.17) is 14.6 Å². The lowest BCUT2D eigenvalue weighted by Crippen LogP contribution is -2.38. The molecule has 1 fully saturated rings. The fraction of sp³-hybridized carbons (Fsp3) is 0.923. The van der Waals surface area contributed by atoms with E-state index in [9.17, 15) is 9.90 Å². The summed E-state index contributed by atoms with van der Waals surface area (Å²) in [4.78, 5) is 14.8. The lowest BCUT2D eigenvalue weighted by atomic mass is 10.3. The highest BCUT2D eigenvalue weighted by atomic mass is 16.5. The maximum absolute atomic E-state index is 10.7. The average molecular weight is 290 g/mol. The molecule has 1 atom stereocenters. The van der Waals surface area contributed by atoms with Crippen molar-refractivity contribution in [2.45, 2.75) is 12.5 Å². The highest BCUT2D eigenvalue weighted by Crippen LogP contribution is 2.04. The zero-order valence-corrected chi connectivity index (χ0v) is 12.2. The smallest absolute Gasteiger partial charge is 0.317 e. The van der Waals surface area contributed by atoms with Gasteiger partial charge in [0.25, 0.3) is 0 Å². The maximum atomic E-state index is 10.7. The van der Waals surface area contributed by atoms with Gasteiger partial charge in [-0.1, -0.05) is 0 Å². The number of rotatable bonds is 9. The molecule has 20 heavy (non-hydrogen) atoms. The van der Waals surface area contributed by atoms with Crippen molar-refractivity contribution >= 4 is 5.97 Å². The number of nitrogens with zero attached hydrogens (tertiary/aromatic N) is 2. The van der Waals surface area contributed by atoms with Gasteiger partial charge in [0.2, 0.25) is 0 Å². The van der Waals surface area contributed by atoms with Crippen molar-refractivity contribution in [2.75, 3.05) is 66.2 Å². The normalized spacial score (nSPS) is 19.7. The molecule has 1 aliphatic rings. The van der Waals surface area contributed by atoms with Gasteiger partial charge >= 0.3 is 5.97 Å². The van der Waals surface area contributed by atoms with Crippen molar-refractivity contribution in [3.63, 3.8) is 0 Å². The summed E-state index contributed by atoms with van der Waals surface area (Å²) in [6.45, 7) is 5.16. The summed E-state index contributed by atoms with van der Waals surface area (Å²) in [5.41, 5.74) is 0. The highest BCUT2D eigenvalue weighted by molar-refractivity contribution is 5.69. The maximum Gasteiger partial charge on any atom is 0.317 e. The van der Waals surface area contributed by atoms with E-state index < -0.39 is 12.1 Å². The van der Waals surface area contributed by atoms with Crippen molar-refractivity contribution in [2.24, 2.45) is 0 Å². The quantitative estimate of drug-likeness (QED) is 0.533. The number of aliphatic hydroxyl groups is 1. The van der Waals surface area contributed by atoms with Gasteiger partial charge in [0, 0.05) is 33.3 Å². The Morgan fingerprint density at radius 2 is 1.90 bits per heavy atom. The minimum absolute atomic E-state index is 0.0938. The summed E-state index contributed by atoms with van der Waals surface area (Å²) in [5, 5.41) is 18.7. The molecular weight excluding hydrogens is 264 g/mol. The van der Waals surface area contributed by atoms with Gasteiger partial charge in [-0.3, -0.25) is 14.6 Å². The molecule has 0 saturated carbocycles. The molecule has 0 radical (unpaired) electrons. The molecule has 0 aliphatic carbocycles. The largest absolute Gasteiger partial charge is 0.480 e. The summed E-state index contributed by atoms with van der Waals surface area (Å²) < 4.78 is 10.2. The Balaban J connectivity index is 2.18. The van der Waals surface area contributed by atoms with E-state index in [1.54, 1.807) is 7.11 Å². The van der Waals surface area contributed by atoms with Crippen LogP contribution in [0.3, 0.4) is 0 Å². The number of hydrogen-bond donors (Lipinski definition) is 2. The fourth-order valence-corrected chi connectivity index (χ4v) is 2.27. The van der Waals surface area contributed by atoms with Gasteiger partial charge in [-0.15, -0.1) is 0 Å². The lowest BCUT2D eigenvalue weighted by molar-refractivity contribution is -0.138. The van der Waals surface area contributed by atoms with Crippen LogP contribution in [0.25, 0.3) is 0 Å². The SMILES string of the molecule is COCCOCC(O)CN1CCCN(CC(=O)O)CC1. The Labute approximate surface area is 120 Å². The minimum Gasteiger partial charge on any atom is -0.480 e. The van der Waals surface area contributed by atoms with Gasteiger partial charge in [0.15, 0.2) is 0 Å². The van der Waals surface area contributed by atoms with E-state index in [1.165, 1.54) is 0 Å². The second-order valence-electron chi connectivity index (χ2n) is 5.05. The van der Waals surface area contributed by atoms with Gasteiger partial charge in [0.05, 0.1) is 32.5 Å². The van der Waals surface area contributed by atoms with Crippen molar-refractivity contribution in [1.29, 1.82) is 0 Å². The summed E-state index contributed by atoms with van der Waals surface area (Å²) in [5.74, 6) is -0.787. The summed E-state index contributed by atoms with van der Waals surface area (Å²) in [6, 6.07) is 0. The number of aliphatic hydroxyl groups excluding tert-OH is 1. The van der Waals surface area contributed by atoms with Crippen LogP contribution in [-0.2, 0) is 14.3 Å². The Hall–Kier alpha value is -0.730. The van der Waals surface area contributed by atoms with Crippen LogP contribution in [0.15, 0.2) is 0 Å². The van der Waals surface area contributed by atoms with Crippen LogP contribution in [0, 0.1) is 0 Å². The molecule has 1 aliphatic heterocycles. The number of ether oxygens (including phenoxy) is 2. The molecule has 0 aromatic carbocycles. The molecular formula is C13H26N2O5. The summed E-state index contributed by atoms with van der Waals surface area (Å²) >= 11 is 0. The molecule has 0 spiro atoms. The topological polar surface area (TPSA) is 82.5 Å². The second-order valence-corrected chi connectivity index (χ2v) is 5.05. The molecule has 1 heterocycles. The lowest BCUT2D eigenvalue weighted by Gasteiger charge is -2.23. The Kier molecular flexibility index (Phi) is 8.72. The van der Waals surface area contributed by atoms with Crippen LogP contribution in [0.4, 0.5) is 0 Å². The Bertz CT molecular complexity index is 277. The van der Waals surface area contributed by atoms with Gasteiger partial charge < -0.3 is 19.7 Å². The van der Waals surface area contributed by atoms with Crippen molar-refractivity contribution in [3.8, 4) is 0 Å². The molecule has 0 amide bonds. The van der Waals surface area contributed by atoms with Gasteiger partial charge in [-0.2, -0.15) is 0 Å². The third kappa shape index (κ3) is 7.76. The third-order valence-corrected chi connectivity index (χ3v) is 3.25. The second kappa shape index (κ2) is 10.1.